The number of halogens is 1. The van der Waals surface area contributed by atoms with Crippen molar-refractivity contribution in [2.75, 3.05) is 43.9 Å². The van der Waals surface area contributed by atoms with E-state index < -0.39 is 5.82 Å². The number of aliphatic hydroxyl groups excluding tert-OH is 1. The highest BCUT2D eigenvalue weighted by Gasteiger charge is 2.21. The quantitative estimate of drug-likeness (QED) is 0.679. The van der Waals surface area contributed by atoms with E-state index in [2.05, 4.69) is 5.32 Å². The summed E-state index contributed by atoms with van der Waals surface area (Å²) < 4.78 is 18.8. The van der Waals surface area contributed by atoms with Crippen LogP contribution >= 0.6 is 0 Å². The van der Waals surface area contributed by atoms with E-state index in [-0.39, 0.29) is 30.9 Å². The van der Waals surface area contributed by atoms with Gasteiger partial charge in [0.05, 0.1) is 31.5 Å². The molecular formula is C13H18FN3O3. The standard InChI is InChI=1S/C13H18FN3O3/c14-11-2-1-9(15)5-12(11)16-13(19)7-17-3-4-20-10(6-17)8-18/h1-2,5,10,18H,3-4,6-8,15H2,(H,16,19). The lowest BCUT2D eigenvalue weighted by Gasteiger charge is -2.31. The minimum absolute atomic E-state index is 0.0713. The van der Waals surface area contributed by atoms with Crippen LogP contribution in [-0.4, -0.2) is 54.9 Å². The van der Waals surface area contributed by atoms with E-state index in [4.69, 9.17) is 15.6 Å². The van der Waals surface area contributed by atoms with Crippen molar-refractivity contribution in [2.24, 2.45) is 0 Å². The average Bonchev–Trinajstić information content (AvgIpc) is 2.43. The highest BCUT2D eigenvalue weighted by Crippen LogP contribution is 2.17. The van der Waals surface area contributed by atoms with E-state index >= 15 is 0 Å². The first-order valence-corrected chi connectivity index (χ1v) is 6.38. The van der Waals surface area contributed by atoms with Crippen LogP contribution in [-0.2, 0) is 9.53 Å². The van der Waals surface area contributed by atoms with Crippen LogP contribution in [0.1, 0.15) is 0 Å². The number of amides is 1. The largest absolute Gasteiger partial charge is 0.399 e. The summed E-state index contributed by atoms with van der Waals surface area (Å²) >= 11 is 0. The van der Waals surface area contributed by atoms with Crippen molar-refractivity contribution in [1.82, 2.24) is 4.90 Å². The smallest absolute Gasteiger partial charge is 0.238 e. The lowest BCUT2D eigenvalue weighted by atomic mass is 10.2. The number of nitrogen functional groups attached to an aromatic ring is 1. The minimum atomic E-state index is -0.525. The fourth-order valence-electron chi connectivity index (χ4n) is 2.07. The van der Waals surface area contributed by atoms with Crippen molar-refractivity contribution in [2.45, 2.75) is 6.10 Å². The molecule has 4 N–H and O–H groups in total. The Morgan fingerprint density at radius 3 is 3.15 bits per heavy atom. The number of aliphatic hydroxyl groups is 1. The van der Waals surface area contributed by atoms with E-state index in [0.29, 0.717) is 25.4 Å². The first-order chi connectivity index (χ1) is 9.58. The number of benzene rings is 1. The molecule has 1 amide bonds. The van der Waals surface area contributed by atoms with Gasteiger partial charge in [-0.2, -0.15) is 0 Å². The molecule has 6 nitrogen and oxygen atoms in total. The third-order valence-corrected chi connectivity index (χ3v) is 3.06. The number of morpholine rings is 1. The number of carbonyl (C=O) groups is 1. The Morgan fingerprint density at radius 1 is 1.60 bits per heavy atom. The Bertz CT molecular complexity index is 484. The van der Waals surface area contributed by atoms with Crippen LogP contribution in [0.4, 0.5) is 15.8 Å². The summed E-state index contributed by atoms with van der Waals surface area (Å²) in [7, 11) is 0. The number of anilines is 2. The van der Waals surface area contributed by atoms with Gasteiger partial charge in [-0.3, -0.25) is 9.69 Å². The molecule has 0 aromatic heterocycles. The Balaban J connectivity index is 1.90. The van der Waals surface area contributed by atoms with Crippen LogP contribution in [0.3, 0.4) is 0 Å². The minimum Gasteiger partial charge on any atom is -0.399 e. The lowest BCUT2D eigenvalue weighted by Crippen LogP contribution is -2.46. The molecule has 1 atom stereocenters. The average molecular weight is 283 g/mol. The summed E-state index contributed by atoms with van der Waals surface area (Å²) in [5.41, 5.74) is 6.01. The van der Waals surface area contributed by atoms with Crippen molar-refractivity contribution in [3.8, 4) is 0 Å². The van der Waals surface area contributed by atoms with Crippen LogP contribution < -0.4 is 11.1 Å². The van der Waals surface area contributed by atoms with Crippen LogP contribution in [0.5, 0.6) is 0 Å². The number of nitrogens with zero attached hydrogens (tertiary/aromatic N) is 1. The predicted octanol–water partition coefficient (Wildman–Crippen LogP) is 0.0395. The topological polar surface area (TPSA) is 87.8 Å². The number of ether oxygens (including phenoxy) is 1. The van der Waals surface area contributed by atoms with Crippen molar-refractivity contribution in [3.63, 3.8) is 0 Å². The Morgan fingerprint density at radius 2 is 2.40 bits per heavy atom. The molecule has 1 aliphatic heterocycles. The molecule has 0 radical (unpaired) electrons. The summed E-state index contributed by atoms with van der Waals surface area (Å²) in [6.45, 7) is 1.58. The molecule has 0 aliphatic carbocycles. The van der Waals surface area contributed by atoms with Gasteiger partial charge in [0, 0.05) is 18.8 Å². The van der Waals surface area contributed by atoms with Gasteiger partial charge in [-0.15, -0.1) is 0 Å². The summed E-state index contributed by atoms with van der Waals surface area (Å²) in [4.78, 5) is 13.7. The highest BCUT2D eigenvalue weighted by atomic mass is 19.1. The van der Waals surface area contributed by atoms with Gasteiger partial charge in [0.15, 0.2) is 0 Å². The van der Waals surface area contributed by atoms with Crippen molar-refractivity contribution < 1.29 is 19.0 Å². The maximum Gasteiger partial charge on any atom is 0.238 e. The van der Waals surface area contributed by atoms with Gasteiger partial charge >= 0.3 is 0 Å². The molecule has 1 aliphatic rings. The molecular weight excluding hydrogens is 265 g/mol. The van der Waals surface area contributed by atoms with Crippen LogP contribution in [0, 0.1) is 5.82 Å². The molecule has 1 unspecified atom stereocenters. The van der Waals surface area contributed by atoms with Crippen LogP contribution in [0.25, 0.3) is 0 Å². The van der Waals surface area contributed by atoms with Crippen molar-refractivity contribution >= 4 is 17.3 Å². The second-order valence-corrected chi connectivity index (χ2v) is 4.70. The van der Waals surface area contributed by atoms with Gasteiger partial charge in [0.1, 0.15) is 5.82 Å². The van der Waals surface area contributed by atoms with E-state index in [9.17, 15) is 9.18 Å². The maximum absolute atomic E-state index is 13.5. The molecule has 110 valence electrons. The number of hydrogen-bond donors (Lipinski definition) is 3. The van der Waals surface area contributed by atoms with Crippen molar-refractivity contribution in [3.05, 3.63) is 24.0 Å². The molecule has 1 fully saturated rings. The molecule has 0 spiro atoms. The zero-order chi connectivity index (χ0) is 14.5. The SMILES string of the molecule is Nc1ccc(F)c(NC(=O)CN2CCOC(CO)C2)c1. The fourth-order valence-corrected chi connectivity index (χ4v) is 2.07. The van der Waals surface area contributed by atoms with E-state index in [0.717, 1.165) is 0 Å². The number of carbonyl (C=O) groups excluding carboxylic acids is 1. The zero-order valence-corrected chi connectivity index (χ0v) is 11.0. The Kier molecular flexibility index (Phi) is 4.89. The number of nitrogens with one attached hydrogen (secondary N) is 1. The number of rotatable bonds is 4. The maximum atomic E-state index is 13.5. The molecule has 20 heavy (non-hydrogen) atoms. The molecule has 0 bridgehead atoms. The lowest BCUT2D eigenvalue weighted by molar-refractivity contribution is -0.120. The second-order valence-electron chi connectivity index (χ2n) is 4.70. The van der Waals surface area contributed by atoms with Gasteiger partial charge < -0.3 is 20.9 Å². The number of hydrogen-bond acceptors (Lipinski definition) is 5. The first kappa shape index (κ1) is 14.7. The molecule has 2 rings (SSSR count). The highest BCUT2D eigenvalue weighted by molar-refractivity contribution is 5.92. The van der Waals surface area contributed by atoms with E-state index in [1.165, 1.54) is 18.2 Å². The predicted molar refractivity (Wildman–Crippen MR) is 72.7 cm³/mol. The van der Waals surface area contributed by atoms with Gasteiger partial charge in [-0.1, -0.05) is 0 Å². The monoisotopic (exact) mass is 283 g/mol. The Hall–Kier alpha value is -1.70. The third-order valence-electron chi connectivity index (χ3n) is 3.06. The molecule has 0 saturated carbocycles. The van der Waals surface area contributed by atoms with Crippen LogP contribution in [0.2, 0.25) is 0 Å². The molecule has 7 heteroatoms. The summed E-state index contributed by atoms with van der Waals surface area (Å²) in [5.74, 6) is -0.851. The van der Waals surface area contributed by atoms with Gasteiger partial charge in [-0.05, 0) is 18.2 Å². The number of nitrogens with two attached hydrogens (primary N) is 1. The molecule has 1 heterocycles. The van der Waals surface area contributed by atoms with E-state index in [1.54, 1.807) is 0 Å². The molecule has 1 saturated heterocycles. The normalized spacial score (nSPS) is 19.8. The second kappa shape index (κ2) is 6.65. The van der Waals surface area contributed by atoms with Gasteiger partial charge in [-0.25, -0.2) is 4.39 Å². The van der Waals surface area contributed by atoms with Crippen molar-refractivity contribution in [1.29, 1.82) is 0 Å². The third kappa shape index (κ3) is 3.89. The Labute approximate surface area is 116 Å². The molecule has 1 aromatic carbocycles. The van der Waals surface area contributed by atoms with E-state index in [1.807, 2.05) is 4.90 Å². The summed E-state index contributed by atoms with van der Waals surface area (Å²) in [5, 5.41) is 11.5. The van der Waals surface area contributed by atoms with Crippen LogP contribution in [0.15, 0.2) is 18.2 Å². The summed E-state index contributed by atoms with van der Waals surface area (Å²) in [6, 6.07) is 4.02. The first-order valence-electron chi connectivity index (χ1n) is 6.38. The molecule has 1 aromatic rings. The van der Waals surface area contributed by atoms with Gasteiger partial charge in [0.25, 0.3) is 0 Å². The fraction of sp³-hybridized carbons (Fsp3) is 0.462. The van der Waals surface area contributed by atoms with Gasteiger partial charge in [0.2, 0.25) is 5.91 Å². The summed E-state index contributed by atoms with van der Waals surface area (Å²) in [6.07, 6.45) is -0.277. The zero-order valence-electron chi connectivity index (χ0n) is 11.0.